The van der Waals surface area contributed by atoms with Gasteiger partial charge in [0.15, 0.2) is 0 Å². The van der Waals surface area contributed by atoms with Crippen LogP contribution in [0.25, 0.3) is 93.6 Å². The number of aromatic nitrogens is 1. The van der Waals surface area contributed by atoms with Gasteiger partial charge in [-0.1, -0.05) is 127 Å². The first-order valence-electron chi connectivity index (χ1n) is 19.7. The molecule has 0 saturated carbocycles. The van der Waals surface area contributed by atoms with Crippen LogP contribution in [-0.2, 0) is 0 Å². The molecule has 272 valence electrons. The van der Waals surface area contributed by atoms with Crippen molar-refractivity contribution in [2.24, 2.45) is 0 Å². The van der Waals surface area contributed by atoms with E-state index in [1.54, 1.807) is 0 Å². The second-order valence-electron chi connectivity index (χ2n) is 14.9. The highest BCUT2D eigenvalue weighted by Gasteiger charge is 2.20. The lowest BCUT2D eigenvalue weighted by atomic mass is 10.0. The first kappa shape index (κ1) is 32.4. The van der Waals surface area contributed by atoms with E-state index in [4.69, 9.17) is 8.83 Å². The van der Waals surface area contributed by atoms with Crippen LogP contribution < -0.4 is 4.90 Å². The van der Waals surface area contributed by atoms with E-state index in [9.17, 15) is 0 Å². The number of hydrogen-bond donors (Lipinski definition) is 0. The fourth-order valence-corrected chi connectivity index (χ4v) is 8.91. The number of rotatable bonds is 6. The molecule has 0 spiro atoms. The van der Waals surface area contributed by atoms with Gasteiger partial charge in [-0.25, -0.2) is 0 Å². The summed E-state index contributed by atoms with van der Waals surface area (Å²) in [7, 11) is 0. The lowest BCUT2D eigenvalue weighted by Crippen LogP contribution is -2.10. The molecule has 9 aromatic carbocycles. The van der Waals surface area contributed by atoms with Gasteiger partial charge >= 0.3 is 0 Å². The van der Waals surface area contributed by atoms with Crippen LogP contribution in [0.15, 0.2) is 215 Å². The maximum absolute atomic E-state index is 6.55. The van der Waals surface area contributed by atoms with Gasteiger partial charge < -0.3 is 18.3 Å². The van der Waals surface area contributed by atoms with Crippen molar-refractivity contribution in [2.45, 2.75) is 0 Å². The quantitative estimate of drug-likeness (QED) is 0.170. The Morgan fingerprint density at radius 2 is 0.845 bits per heavy atom. The van der Waals surface area contributed by atoms with Gasteiger partial charge in [-0.2, -0.15) is 0 Å². The van der Waals surface area contributed by atoms with Crippen LogP contribution in [0.2, 0.25) is 0 Å². The van der Waals surface area contributed by atoms with Gasteiger partial charge in [0, 0.05) is 55.2 Å². The van der Waals surface area contributed by atoms with Crippen molar-refractivity contribution in [3.8, 4) is 27.9 Å². The van der Waals surface area contributed by atoms with Crippen molar-refractivity contribution in [2.75, 3.05) is 4.90 Å². The second-order valence-corrected chi connectivity index (χ2v) is 14.9. The van der Waals surface area contributed by atoms with E-state index >= 15 is 0 Å². The van der Waals surface area contributed by atoms with Crippen LogP contribution in [0.1, 0.15) is 0 Å². The van der Waals surface area contributed by atoms with E-state index in [-0.39, 0.29) is 0 Å². The van der Waals surface area contributed by atoms with Crippen LogP contribution in [0, 0.1) is 0 Å². The Morgan fingerprint density at radius 1 is 0.328 bits per heavy atom. The topological polar surface area (TPSA) is 34.5 Å². The minimum absolute atomic E-state index is 0.902. The molecule has 0 radical (unpaired) electrons. The third-order valence-electron chi connectivity index (χ3n) is 11.6. The summed E-state index contributed by atoms with van der Waals surface area (Å²) in [5.74, 6) is 0. The van der Waals surface area contributed by atoms with Crippen molar-refractivity contribution in [1.82, 2.24) is 4.57 Å². The van der Waals surface area contributed by atoms with Gasteiger partial charge in [0.25, 0.3) is 0 Å². The van der Waals surface area contributed by atoms with Crippen LogP contribution in [-0.4, -0.2) is 4.57 Å². The molecule has 12 rings (SSSR count). The largest absolute Gasteiger partial charge is 0.455 e. The summed E-state index contributed by atoms with van der Waals surface area (Å²) in [6, 6.07) is 73.1. The molecule has 0 unspecified atom stereocenters. The SMILES string of the molecule is c1ccc(-c2ccc(N(c3ccc(-c4cccc5c4oc4ccccc45)cc3)c3ccc(-n4c5ccccc5c5c6oc7ccccc7c6ccc54)cc3)cc2)cc1. The minimum atomic E-state index is 0.902. The molecule has 4 heteroatoms. The molecule has 0 amide bonds. The molecular weight excluding hydrogens is 709 g/mol. The molecule has 4 nitrogen and oxygen atoms in total. The number of hydrogen-bond acceptors (Lipinski definition) is 3. The average Bonchev–Trinajstić information content (AvgIpc) is 3.97. The Hall–Kier alpha value is -7.82. The second kappa shape index (κ2) is 12.9. The predicted molar refractivity (Wildman–Crippen MR) is 241 cm³/mol. The molecule has 0 bridgehead atoms. The zero-order chi connectivity index (χ0) is 38.2. The monoisotopic (exact) mass is 742 g/mol. The van der Waals surface area contributed by atoms with E-state index in [2.05, 4.69) is 198 Å². The van der Waals surface area contributed by atoms with E-state index in [0.717, 1.165) is 94.2 Å². The summed E-state index contributed by atoms with van der Waals surface area (Å²) in [6.07, 6.45) is 0. The molecule has 0 fully saturated rings. The maximum atomic E-state index is 6.55. The molecule has 12 aromatic rings. The van der Waals surface area contributed by atoms with Gasteiger partial charge in [-0.15, -0.1) is 0 Å². The lowest BCUT2D eigenvalue weighted by Gasteiger charge is -2.26. The summed E-state index contributed by atoms with van der Waals surface area (Å²) in [5.41, 5.74) is 14.7. The number of anilines is 3. The predicted octanol–water partition coefficient (Wildman–Crippen LogP) is 15.4. The van der Waals surface area contributed by atoms with E-state index in [0.29, 0.717) is 0 Å². The third-order valence-corrected chi connectivity index (χ3v) is 11.6. The normalized spacial score (nSPS) is 11.8. The highest BCUT2D eigenvalue weighted by atomic mass is 16.3. The first-order chi connectivity index (χ1) is 28.8. The van der Waals surface area contributed by atoms with Crippen molar-refractivity contribution in [3.05, 3.63) is 206 Å². The number of fused-ring (bicyclic) bond motifs is 10. The van der Waals surface area contributed by atoms with E-state index in [1.165, 1.54) is 16.5 Å². The lowest BCUT2D eigenvalue weighted by molar-refractivity contribution is 0.670. The average molecular weight is 743 g/mol. The van der Waals surface area contributed by atoms with Gasteiger partial charge in [0.2, 0.25) is 0 Å². The summed E-state index contributed by atoms with van der Waals surface area (Å²) in [4.78, 5) is 2.33. The summed E-state index contributed by atoms with van der Waals surface area (Å²) in [6.45, 7) is 0. The molecule has 3 heterocycles. The molecule has 58 heavy (non-hydrogen) atoms. The minimum Gasteiger partial charge on any atom is -0.455 e. The van der Waals surface area contributed by atoms with E-state index in [1.807, 2.05) is 18.2 Å². The Morgan fingerprint density at radius 3 is 1.53 bits per heavy atom. The zero-order valence-electron chi connectivity index (χ0n) is 31.3. The molecule has 0 N–H and O–H groups in total. The molecule has 0 aliphatic carbocycles. The highest BCUT2D eigenvalue weighted by Crippen LogP contribution is 2.43. The molecule has 0 saturated heterocycles. The third kappa shape index (κ3) is 5.02. The number of nitrogens with zero attached hydrogens (tertiary/aromatic N) is 2. The van der Waals surface area contributed by atoms with Crippen molar-refractivity contribution >= 4 is 82.7 Å². The summed E-state index contributed by atoms with van der Waals surface area (Å²) >= 11 is 0. The van der Waals surface area contributed by atoms with E-state index < -0.39 is 0 Å². The summed E-state index contributed by atoms with van der Waals surface area (Å²) in [5, 5.41) is 6.83. The number of benzene rings is 9. The van der Waals surface area contributed by atoms with Gasteiger partial charge in [-0.3, -0.25) is 0 Å². The molecule has 0 aliphatic heterocycles. The van der Waals surface area contributed by atoms with Crippen LogP contribution in [0.4, 0.5) is 17.1 Å². The smallest absolute Gasteiger partial charge is 0.145 e. The Labute approximate surface area is 334 Å². The van der Waals surface area contributed by atoms with Crippen LogP contribution in [0.5, 0.6) is 0 Å². The summed E-state index contributed by atoms with van der Waals surface area (Å²) < 4.78 is 15.3. The zero-order valence-corrected chi connectivity index (χ0v) is 31.3. The first-order valence-corrected chi connectivity index (χ1v) is 19.7. The fraction of sp³-hybridized carbons (Fsp3) is 0. The van der Waals surface area contributed by atoms with Crippen molar-refractivity contribution in [3.63, 3.8) is 0 Å². The standard InChI is InChI=1S/C54H34N2O2/c1-2-11-35(12-3-1)36-21-25-38(26-22-36)55(39-27-23-37(24-28-39)42-16-10-17-45-43-13-5-8-19-50(43)57-53(42)45)40-29-31-41(32-30-40)56-48-18-7-4-15-47(48)52-49(56)34-33-46-44-14-6-9-20-51(44)58-54(46)52/h1-34H. The van der Waals surface area contributed by atoms with Crippen LogP contribution in [0.3, 0.4) is 0 Å². The van der Waals surface area contributed by atoms with Gasteiger partial charge in [-0.05, 0) is 95.6 Å². The number of para-hydroxylation sites is 4. The molecule has 3 aromatic heterocycles. The highest BCUT2D eigenvalue weighted by molar-refractivity contribution is 6.23. The molecular formula is C54H34N2O2. The Bertz CT molecular complexity index is 3480. The van der Waals surface area contributed by atoms with Crippen molar-refractivity contribution < 1.29 is 8.83 Å². The Kier molecular flexibility index (Phi) is 7.20. The van der Waals surface area contributed by atoms with Gasteiger partial charge in [0.1, 0.15) is 22.3 Å². The Balaban J connectivity index is 0.977. The van der Waals surface area contributed by atoms with Gasteiger partial charge in [0.05, 0.1) is 16.4 Å². The van der Waals surface area contributed by atoms with Crippen molar-refractivity contribution in [1.29, 1.82) is 0 Å². The van der Waals surface area contributed by atoms with Crippen LogP contribution >= 0.6 is 0 Å². The fourth-order valence-electron chi connectivity index (χ4n) is 8.91. The maximum Gasteiger partial charge on any atom is 0.145 e. The molecule has 0 atom stereocenters. The number of furan rings is 2. The molecule has 0 aliphatic rings.